The molecule has 0 aromatic heterocycles. The molecule has 0 N–H and O–H groups in total. The van der Waals surface area contributed by atoms with Crippen LogP contribution < -0.4 is 9.64 Å². The number of anilines is 1. The van der Waals surface area contributed by atoms with E-state index in [1.165, 1.54) is 0 Å². The number of aliphatic imine (C=N–C) groups is 1. The molecule has 1 aliphatic rings. The summed E-state index contributed by atoms with van der Waals surface area (Å²) in [5.74, 6) is 1.17. The van der Waals surface area contributed by atoms with E-state index in [4.69, 9.17) is 16.3 Å². The Labute approximate surface area is 168 Å². The van der Waals surface area contributed by atoms with Gasteiger partial charge in [-0.3, -0.25) is 9.69 Å². The molecule has 0 radical (unpaired) electrons. The number of nitrogens with zero attached hydrogens (tertiary/aromatic N) is 2. The fourth-order valence-corrected chi connectivity index (χ4v) is 3.11. The van der Waals surface area contributed by atoms with Crippen LogP contribution in [0.15, 0.2) is 89.6 Å². The third-order valence-corrected chi connectivity index (χ3v) is 4.65. The number of rotatable bonds is 4. The van der Waals surface area contributed by atoms with Gasteiger partial charge in [-0.2, -0.15) is 0 Å². The van der Waals surface area contributed by atoms with Gasteiger partial charge in [0, 0.05) is 10.6 Å². The Morgan fingerprint density at radius 2 is 1.61 bits per heavy atom. The molecule has 1 heterocycles. The second-order valence-electron chi connectivity index (χ2n) is 6.22. The van der Waals surface area contributed by atoms with E-state index in [2.05, 4.69) is 4.99 Å². The van der Waals surface area contributed by atoms with Crippen molar-refractivity contribution in [2.24, 2.45) is 4.99 Å². The van der Waals surface area contributed by atoms with E-state index in [1.54, 1.807) is 30.2 Å². The number of methoxy groups -OCH3 is 1. The summed E-state index contributed by atoms with van der Waals surface area (Å²) in [7, 11) is 1.62. The molecule has 5 heteroatoms. The Morgan fingerprint density at radius 1 is 0.929 bits per heavy atom. The quantitative estimate of drug-likeness (QED) is 0.577. The van der Waals surface area contributed by atoms with Crippen molar-refractivity contribution in [2.45, 2.75) is 0 Å². The van der Waals surface area contributed by atoms with Crippen LogP contribution in [0.1, 0.15) is 11.1 Å². The first-order chi connectivity index (χ1) is 13.7. The maximum absolute atomic E-state index is 13.2. The summed E-state index contributed by atoms with van der Waals surface area (Å²) in [5, 5.41) is 0.614. The molecule has 4 rings (SSSR count). The Hall–Kier alpha value is -3.37. The molecule has 0 saturated carbocycles. The number of amidine groups is 1. The number of carbonyl (C=O) groups is 1. The van der Waals surface area contributed by atoms with Crippen LogP contribution in [-0.4, -0.2) is 18.9 Å². The largest absolute Gasteiger partial charge is 0.497 e. The summed E-state index contributed by atoms with van der Waals surface area (Å²) in [6.45, 7) is 0. The second-order valence-corrected chi connectivity index (χ2v) is 6.66. The maximum atomic E-state index is 13.2. The van der Waals surface area contributed by atoms with Gasteiger partial charge < -0.3 is 4.74 Å². The minimum Gasteiger partial charge on any atom is -0.497 e. The zero-order chi connectivity index (χ0) is 19.5. The molecule has 3 aromatic carbocycles. The monoisotopic (exact) mass is 388 g/mol. The molecule has 1 amide bonds. The van der Waals surface area contributed by atoms with Crippen molar-refractivity contribution in [3.05, 3.63) is 101 Å². The lowest BCUT2D eigenvalue weighted by atomic mass is 10.1. The van der Waals surface area contributed by atoms with Gasteiger partial charge >= 0.3 is 0 Å². The number of amides is 1. The Kier molecular flexibility index (Phi) is 4.96. The van der Waals surface area contributed by atoms with Crippen LogP contribution in [0.4, 0.5) is 5.69 Å². The average molecular weight is 389 g/mol. The summed E-state index contributed by atoms with van der Waals surface area (Å²) in [6, 6.07) is 24.3. The first-order valence-corrected chi connectivity index (χ1v) is 9.13. The van der Waals surface area contributed by atoms with Crippen molar-refractivity contribution >= 4 is 35.1 Å². The lowest BCUT2D eigenvalue weighted by molar-refractivity contribution is -0.113. The maximum Gasteiger partial charge on any atom is 0.282 e. The molecule has 0 aliphatic carbocycles. The molecular weight excluding hydrogens is 372 g/mol. The molecule has 3 aromatic rings. The Balaban J connectivity index is 1.78. The van der Waals surface area contributed by atoms with Crippen LogP contribution in [0.2, 0.25) is 5.02 Å². The van der Waals surface area contributed by atoms with Gasteiger partial charge in [0.05, 0.1) is 12.8 Å². The fourth-order valence-electron chi connectivity index (χ4n) is 2.99. The number of halogens is 1. The summed E-state index contributed by atoms with van der Waals surface area (Å²) in [6.07, 6.45) is 1.78. The normalized spacial score (nSPS) is 15.1. The number of ether oxygens (including phenoxy) is 1. The average Bonchev–Trinajstić information content (AvgIpc) is 3.06. The van der Waals surface area contributed by atoms with E-state index in [0.717, 1.165) is 22.6 Å². The van der Waals surface area contributed by atoms with Crippen molar-refractivity contribution in [1.29, 1.82) is 0 Å². The topological polar surface area (TPSA) is 41.9 Å². The molecule has 0 saturated heterocycles. The van der Waals surface area contributed by atoms with E-state index < -0.39 is 0 Å². The predicted octanol–water partition coefficient (Wildman–Crippen LogP) is 5.18. The molecule has 28 heavy (non-hydrogen) atoms. The molecule has 4 nitrogen and oxygen atoms in total. The number of benzene rings is 3. The van der Waals surface area contributed by atoms with E-state index >= 15 is 0 Å². The van der Waals surface area contributed by atoms with Crippen LogP contribution in [-0.2, 0) is 4.79 Å². The lowest BCUT2D eigenvalue weighted by Gasteiger charge is -2.18. The first-order valence-electron chi connectivity index (χ1n) is 8.75. The zero-order valence-corrected chi connectivity index (χ0v) is 15.9. The van der Waals surface area contributed by atoms with Gasteiger partial charge in [-0.1, -0.05) is 54.1 Å². The second kappa shape index (κ2) is 7.71. The smallest absolute Gasteiger partial charge is 0.282 e. The molecule has 0 spiro atoms. The summed E-state index contributed by atoms with van der Waals surface area (Å²) in [5.41, 5.74) is 2.83. The fraction of sp³-hybridized carbons (Fsp3) is 0.0435. The first kappa shape index (κ1) is 18.0. The van der Waals surface area contributed by atoms with Crippen molar-refractivity contribution in [3.63, 3.8) is 0 Å². The highest BCUT2D eigenvalue weighted by Gasteiger charge is 2.32. The van der Waals surface area contributed by atoms with E-state index in [-0.39, 0.29) is 5.91 Å². The highest BCUT2D eigenvalue weighted by molar-refractivity contribution is 6.33. The standard InChI is InChI=1S/C23H17ClN2O2/c1-28-20-13-7-16(8-14-20)15-21-23(27)26(19-11-9-18(24)10-12-19)22(25-21)17-5-3-2-4-6-17/h2-15H,1H3. The van der Waals surface area contributed by atoms with Gasteiger partial charge in [0.2, 0.25) is 0 Å². The van der Waals surface area contributed by atoms with Crippen LogP contribution >= 0.6 is 11.6 Å². The molecule has 0 unspecified atom stereocenters. The lowest BCUT2D eigenvalue weighted by Crippen LogP contribution is -2.32. The molecule has 0 fully saturated rings. The third kappa shape index (κ3) is 3.55. The number of hydrogen-bond donors (Lipinski definition) is 0. The number of hydrogen-bond acceptors (Lipinski definition) is 3. The van der Waals surface area contributed by atoms with Crippen molar-refractivity contribution in [2.75, 3.05) is 12.0 Å². The summed E-state index contributed by atoms with van der Waals surface area (Å²) >= 11 is 6.01. The van der Waals surface area contributed by atoms with Gasteiger partial charge in [-0.15, -0.1) is 0 Å². The van der Waals surface area contributed by atoms with Crippen LogP contribution in [0.3, 0.4) is 0 Å². The third-order valence-electron chi connectivity index (χ3n) is 4.40. The SMILES string of the molecule is COc1ccc(C=C2N=C(c3ccccc3)N(c3ccc(Cl)cc3)C2=O)cc1. The molecule has 0 bridgehead atoms. The predicted molar refractivity (Wildman–Crippen MR) is 113 cm³/mol. The molecule has 1 aliphatic heterocycles. The Morgan fingerprint density at radius 3 is 2.25 bits per heavy atom. The van der Waals surface area contributed by atoms with Crippen LogP contribution in [0.25, 0.3) is 6.08 Å². The van der Waals surface area contributed by atoms with Crippen molar-refractivity contribution in [1.82, 2.24) is 0 Å². The molecule has 0 atom stereocenters. The highest BCUT2D eigenvalue weighted by atomic mass is 35.5. The van der Waals surface area contributed by atoms with Crippen LogP contribution in [0, 0.1) is 0 Å². The zero-order valence-electron chi connectivity index (χ0n) is 15.2. The summed E-state index contributed by atoms with van der Waals surface area (Å²) in [4.78, 5) is 19.4. The Bertz CT molecular complexity index is 1060. The minimum atomic E-state index is -0.183. The van der Waals surface area contributed by atoms with Gasteiger partial charge in [0.25, 0.3) is 5.91 Å². The van der Waals surface area contributed by atoms with Gasteiger partial charge in [-0.05, 0) is 48.0 Å². The molecular formula is C23H17ClN2O2. The summed E-state index contributed by atoms with van der Waals surface area (Å²) < 4.78 is 5.19. The van der Waals surface area contributed by atoms with Crippen molar-refractivity contribution < 1.29 is 9.53 Å². The minimum absolute atomic E-state index is 0.183. The van der Waals surface area contributed by atoms with Crippen molar-refractivity contribution in [3.8, 4) is 5.75 Å². The van der Waals surface area contributed by atoms with E-state index in [0.29, 0.717) is 16.6 Å². The van der Waals surface area contributed by atoms with Gasteiger partial charge in [0.1, 0.15) is 17.3 Å². The van der Waals surface area contributed by atoms with E-state index in [1.807, 2.05) is 66.7 Å². The van der Waals surface area contributed by atoms with Gasteiger partial charge in [-0.25, -0.2) is 4.99 Å². The molecule has 138 valence electrons. The number of carbonyl (C=O) groups excluding carboxylic acids is 1. The van der Waals surface area contributed by atoms with Crippen LogP contribution in [0.5, 0.6) is 5.75 Å². The van der Waals surface area contributed by atoms with Gasteiger partial charge in [0.15, 0.2) is 0 Å². The highest BCUT2D eigenvalue weighted by Crippen LogP contribution is 2.29. The van der Waals surface area contributed by atoms with E-state index in [9.17, 15) is 4.79 Å².